The van der Waals surface area contributed by atoms with E-state index in [0.717, 1.165) is 46.3 Å². The first-order valence-corrected chi connectivity index (χ1v) is 9.08. The number of carboxylic acid groups (broad SMARTS) is 1. The van der Waals surface area contributed by atoms with Crippen LogP contribution in [-0.4, -0.2) is 29.6 Å². The van der Waals surface area contributed by atoms with Gasteiger partial charge < -0.3 is 10.0 Å². The Morgan fingerprint density at radius 3 is 2.37 bits per heavy atom. The Kier molecular flexibility index (Phi) is 4.02. The molecule has 1 saturated carbocycles. The Morgan fingerprint density at radius 1 is 1.15 bits per heavy atom. The highest BCUT2D eigenvalue weighted by atomic mass is 16.4. The van der Waals surface area contributed by atoms with Gasteiger partial charge in [-0.25, -0.2) is 4.79 Å². The molecule has 27 heavy (non-hydrogen) atoms. The van der Waals surface area contributed by atoms with Gasteiger partial charge in [0.1, 0.15) is 5.56 Å². The predicted octanol–water partition coefficient (Wildman–Crippen LogP) is 3.92. The first kappa shape index (κ1) is 17.3. The van der Waals surface area contributed by atoms with Crippen molar-refractivity contribution in [2.75, 3.05) is 19.0 Å². The third-order valence-corrected chi connectivity index (χ3v) is 5.36. The van der Waals surface area contributed by atoms with Gasteiger partial charge in [0.15, 0.2) is 0 Å². The quantitative estimate of drug-likeness (QED) is 0.764. The van der Waals surface area contributed by atoms with Gasteiger partial charge in [-0.05, 0) is 72.2 Å². The lowest BCUT2D eigenvalue weighted by atomic mass is 9.96. The summed E-state index contributed by atoms with van der Waals surface area (Å²) >= 11 is 0. The van der Waals surface area contributed by atoms with E-state index in [9.17, 15) is 14.7 Å². The van der Waals surface area contributed by atoms with Crippen molar-refractivity contribution in [2.45, 2.75) is 25.7 Å². The second kappa shape index (κ2) is 6.27. The zero-order valence-corrected chi connectivity index (χ0v) is 15.7. The van der Waals surface area contributed by atoms with Crippen molar-refractivity contribution in [3.05, 3.63) is 69.6 Å². The third-order valence-electron chi connectivity index (χ3n) is 5.36. The molecule has 0 bridgehead atoms. The maximum Gasteiger partial charge on any atom is 0.341 e. The van der Waals surface area contributed by atoms with Crippen LogP contribution in [0.1, 0.15) is 40.2 Å². The van der Waals surface area contributed by atoms with E-state index in [-0.39, 0.29) is 5.56 Å². The van der Waals surface area contributed by atoms with Crippen molar-refractivity contribution in [1.29, 1.82) is 0 Å². The van der Waals surface area contributed by atoms with Crippen LogP contribution in [0.5, 0.6) is 0 Å². The van der Waals surface area contributed by atoms with Crippen LogP contribution in [0.4, 0.5) is 5.69 Å². The number of benzene rings is 1. The van der Waals surface area contributed by atoms with Crippen molar-refractivity contribution in [3.63, 3.8) is 0 Å². The second-order valence-corrected chi connectivity index (χ2v) is 7.41. The Balaban J connectivity index is 1.96. The maximum absolute atomic E-state index is 12.7. The van der Waals surface area contributed by atoms with Crippen LogP contribution in [0.3, 0.4) is 0 Å². The molecule has 0 amide bonds. The van der Waals surface area contributed by atoms with Crippen LogP contribution in [0.2, 0.25) is 0 Å². The first-order valence-electron chi connectivity index (χ1n) is 9.08. The summed E-state index contributed by atoms with van der Waals surface area (Å²) in [6, 6.07) is 11.8. The molecule has 0 unspecified atom stereocenters. The lowest BCUT2D eigenvalue weighted by Gasteiger charge is -2.16. The SMILES string of the molecule is Cc1c(-c2ccc(N(C)C)cc2)ccn2c(=O)c(C(=O)O)cc(C3CC3)c12. The number of carbonyl (C=O) groups is 1. The molecular formula is C22H22N2O3. The highest BCUT2D eigenvalue weighted by Crippen LogP contribution is 2.43. The number of carboxylic acids is 1. The minimum absolute atomic E-state index is 0.156. The summed E-state index contributed by atoms with van der Waals surface area (Å²) in [6.45, 7) is 2.01. The van der Waals surface area contributed by atoms with Gasteiger partial charge in [0.2, 0.25) is 0 Å². The van der Waals surface area contributed by atoms with Crippen LogP contribution in [0.25, 0.3) is 16.6 Å². The van der Waals surface area contributed by atoms with Crippen LogP contribution >= 0.6 is 0 Å². The van der Waals surface area contributed by atoms with Crippen LogP contribution in [0, 0.1) is 6.92 Å². The summed E-state index contributed by atoms with van der Waals surface area (Å²) in [5, 5.41) is 9.41. The van der Waals surface area contributed by atoms with Gasteiger partial charge in [0.25, 0.3) is 5.56 Å². The molecule has 5 heteroatoms. The molecule has 5 nitrogen and oxygen atoms in total. The molecule has 1 N–H and O–H groups in total. The number of hydrogen-bond donors (Lipinski definition) is 1. The minimum Gasteiger partial charge on any atom is -0.477 e. The van der Waals surface area contributed by atoms with Gasteiger partial charge in [-0.2, -0.15) is 0 Å². The number of fused-ring (bicyclic) bond motifs is 1. The van der Waals surface area contributed by atoms with E-state index < -0.39 is 11.5 Å². The molecule has 0 aliphatic heterocycles. The number of hydrogen-bond acceptors (Lipinski definition) is 3. The van der Waals surface area contributed by atoms with Crippen LogP contribution < -0.4 is 10.5 Å². The maximum atomic E-state index is 12.7. The number of rotatable bonds is 4. The van der Waals surface area contributed by atoms with Gasteiger partial charge >= 0.3 is 5.97 Å². The minimum atomic E-state index is -1.17. The molecule has 1 fully saturated rings. The summed E-state index contributed by atoms with van der Waals surface area (Å²) in [5.41, 5.74) is 5.46. The monoisotopic (exact) mass is 362 g/mol. The molecule has 0 atom stereocenters. The molecule has 0 radical (unpaired) electrons. The van der Waals surface area contributed by atoms with Crippen molar-refractivity contribution in [1.82, 2.24) is 4.40 Å². The fraction of sp³-hybridized carbons (Fsp3) is 0.273. The van der Waals surface area contributed by atoms with E-state index in [4.69, 9.17) is 0 Å². The van der Waals surface area contributed by atoms with Crippen LogP contribution in [0.15, 0.2) is 47.4 Å². The molecule has 1 aliphatic rings. The highest BCUT2D eigenvalue weighted by Gasteiger charge is 2.29. The smallest absolute Gasteiger partial charge is 0.341 e. The van der Waals surface area contributed by atoms with E-state index in [1.54, 1.807) is 12.3 Å². The van der Waals surface area contributed by atoms with Gasteiger partial charge in [-0.15, -0.1) is 0 Å². The molecule has 1 aliphatic carbocycles. The molecule has 3 aromatic rings. The first-order chi connectivity index (χ1) is 12.9. The summed E-state index contributed by atoms with van der Waals surface area (Å²) in [6.07, 6.45) is 3.78. The number of aryl methyl sites for hydroxylation is 1. The lowest BCUT2D eigenvalue weighted by Crippen LogP contribution is -2.23. The van der Waals surface area contributed by atoms with Crippen molar-refractivity contribution >= 4 is 17.2 Å². The van der Waals surface area contributed by atoms with Gasteiger partial charge in [0, 0.05) is 26.0 Å². The van der Waals surface area contributed by atoms with Gasteiger partial charge in [-0.3, -0.25) is 9.20 Å². The summed E-state index contributed by atoms with van der Waals surface area (Å²) < 4.78 is 1.50. The second-order valence-electron chi connectivity index (χ2n) is 7.41. The molecule has 4 rings (SSSR count). The Hall–Kier alpha value is -3.08. The summed E-state index contributed by atoms with van der Waals surface area (Å²) in [5.74, 6) is -0.832. The Morgan fingerprint density at radius 2 is 1.81 bits per heavy atom. The van der Waals surface area contributed by atoms with Crippen molar-refractivity contribution < 1.29 is 9.90 Å². The van der Waals surface area contributed by atoms with Crippen molar-refractivity contribution in [3.8, 4) is 11.1 Å². The van der Waals surface area contributed by atoms with E-state index in [2.05, 4.69) is 29.2 Å². The van der Waals surface area contributed by atoms with E-state index in [1.165, 1.54) is 4.40 Å². The number of nitrogens with zero attached hydrogens (tertiary/aromatic N) is 2. The largest absolute Gasteiger partial charge is 0.477 e. The standard InChI is InChI=1S/C22H22N2O3/c1-13-17(14-6-8-16(9-7-14)23(2)3)10-11-24-20(13)18(15-4-5-15)12-19(21(24)25)22(26)27/h6-12,15H,4-5H2,1-3H3,(H,26,27). The molecule has 2 aromatic heterocycles. The van der Waals surface area contributed by atoms with E-state index in [1.807, 2.05) is 27.1 Å². The summed E-state index contributed by atoms with van der Waals surface area (Å²) in [4.78, 5) is 26.2. The number of aromatic carboxylic acids is 1. The number of pyridine rings is 2. The number of aromatic nitrogens is 1. The zero-order chi connectivity index (χ0) is 19.3. The molecule has 138 valence electrons. The predicted molar refractivity (Wildman–Crippen MR) is 107 cm³/mol. The van der Waals surface area contributed by atoms with Gasteiger partial charge in [-0.1, -0.05) is 12.1 Å². The molecule has 0 spiro atoms. The molecule has 1 aromatic carbocycles. The zero-order valence-electron chi connectivity index (χ0n) is 15.7. The summed E-state index contributed by atoms with van der Waals surface area (Å²) in [7, 11) is 4.01. The third kappa shape index (κ3) is 2.89. The molecular weight excluding hydrogens is 340 g/mol. The van der Waals surface area contributed by atoms with E-state index in [0.29, 0.717) is 5.92 Å². The molecule has 0 saturated heterocycles. The Bertz CT molecular complexity index is 1110. The van der Waals surface area contributed by atoms with Crippen LogP contribution in [-0.2, 0) is 0 Å². The average Bonchev–Trinajstić information content (AvgIpc) is 3.47. The fourth-order valence-electron chi connectivity index (χ4n) is 3.71. The highest BCUT2D eigenvalue weighted by molar-refractivity contribution is 5.89. The Labute approximate surface area is 157 Å². The normalized spacial score (nSPS) is 13.7. The fourth-order valence-corrected chi connectivity index (χ4v) is 3.71. The molecule has 2 heterocycles. The van der Waals surface area contributed by atoms with Crippen molar-refractivity contribution in [2.24, 2.45) is 0 Å². The topological polar surface area (TPSA) is 62.0 Å². The number of anilines is 1. The van der Waals surface area contributed by atoms with E-state index >= 15 is 0 Å². The lowest BCUT2D eigenvalue weighted by molar-refractivity contribution is 0.0694. The average molecular weight is 362 g/mol. The van der Waals surface area contributed by atoms with Gasteiger partial charge in [0.05, 0.1) is 5.52 Å².